The predicted octanol–water partition coefficient (Wildman–Crippen LogP) is 0.867. The van der Waals surface area contributed by atoms with E-state index in [9.17, 15) is 4.79 Å². The van der Waals surface area contributed by atoms with Crippen molar-refractivity contribution in [3.8, 4) is 0 Å². The van der Waals surface area contributed by atoms with Crippen LogP contribution in [0.15, 0.2) is 36.5 Å². The largest absolute Gasteiger partial charge is 0.370 e. The van der Waals surface area contributed by atoms with Crippen LogP contribution in [0.25, 0.3) is 10.9 Å². The lowest BCUT2D eigenvalue weighted by Gasteiger charge is -2.13. The van der Waals surface area contributed by atoms with Crippen LogP contribution in [0.3, 0.4) is 0 Å². The third-order valence-corrected chi connectivity index (χ3v) is 3.20. The Bertz CT molecular complexity index is 577. The lowest BCUT2D eigenvalue weighted by molar-refractivity contribution is -0.130. The molecule has 1 aromatic carbocycles. The number of methoxy groups -OCH3 is 1. The number of nitrogens with one attached hydrogen (secondary N) is 1. The molecular weight excluding hydrogens is 254 g/mol. The number of amides is 1. The van der Waals surface area contributed by atoms with Crippen molar-refractivity contribution in [3.05, 3.63) is 42.1 Å². The molecule has 0 fully saturated rings. The molecule has 0 saturated carbocycles. The number of para-hydroxylation sites is 1. The molecule has 2 aromatic rings. The van der Waals surface area contributed by atoms with Gasteiger partial charge in [0.15, 0.2) is 0 Å². The number of nitrogens with zero attached hydrogens (tertiary/aromatic N) is 1. The van der Waals surface area contributed by atoms with Crippen LogP contribution < -0.4 is 11.1 Å². The molecular formula is C15H19N3O2. The summed E-state index contributed by atoms with van der Waals surface area (Å²) >= 11 is 0. The minimum absolute atomic E-state index is 0.178. The van der Waals surface area contributed by atoms with E-state index in [4.69, 9.17) is 10.5 Å². The fraction of sp³-hybridized carbons (Fsp3) is 0.333. The quantitative estimate of drug-likeness (QED) is 0.818. The number of pyridine rings is 1. The summed E-state index contributed by atoms with van der Waals surface area (Å²) < 4.78 is 4.98. The van der Waals surface area contributed by atoms with E-state index in [1.165, 1.54) is 7.11 Å². The molecule has 0 aliphatic heterocycles. The van der Waals surface area contributed by atoms with Crippen molar-refractivity contribution in [1.82, 2.24) is 10.3 Å². The summed E-state index contributed by atoms with van der Waals surface area (Å²) in [4.78, 5) is 16.1. The van der Waals surface area contributed by atoms with Crippen molar-refractivity contribution >= 4 is 16.8 Å². The number of rotatable bonds is 6. The van der Waals surface area contributed by atoms with E-state index in [-0.39, 0.29) is 12.5 Å². The van der Waals surface area contributed by atoms with Gasteiger partial charge in [0.2, 0.25) is 5.91 Å². The lowest BCUT2D eigenvalue weighted by Crippen LogP contribution is -2.41. The molecule has 0 aliphatic carbocycles. The molecule has 0 aliphatic rings. The molecule has 1 atom stereocenters. The Morgan fingerprint density at radius 1 is 1.40 bits per heavy atom. The van der Waals surface area contributed by atoms with Gasteiger partial charge in [-0.2, -0.15) is 0 Å². The average Bonchev–Trinajstić information content (AvgIpc) is 2.49. The summed E-state index contributed by atoms with van der Waals surface area (Å²) in [5.41, 5.74) is 7.54. The third kappa shape index (κ3) is 3.31. The van der Waals surface area contributed by atoms with Crippen molar-refractivity contribution in [1.29, 1.82) is 0 Å². The first kappa shape index (κ1) is 14.4. The summed E-state index contributed by atoms with van der Waals surface area (Å²) in [6.45, 7) is 0.715. The van der Waals surface area contributed by atoms with Gasteiger partial charge in [0.25, 0.3) is 0 Å². The molecule has 0 spiro atoms. The molecule has 1 heterocycles. The highest BCUT2D eigenvalue weighted by atomic mass is 16.5. The Balaban J connectivity index is 1.98. The first-order valence-electron chi connectivity index (χ1n) is 6.59. The van der Waals surface area contributed by atoms with Crippen LogP contribution in [0.5, 0.6) is 0 Å². The van der Waals surface area contributed by atoms with Crippen molar-refractivity contribution in [3.63, 3.8) is 0 Å². The highest BCUT2D eigenvalue weighted by molar-refractivity contribution is 5.82. The highest BCUT2D eigenvalue weighted by Crippen LogP contribution is 2.15. The summed E-state index contributed by atoms with van der Waals surface area (Å²) in [6, 6.07) is 10.00. The molecule has 3 N–H and O–H groups in total. The van der Waals surface area contributed by atoms with Gasteiger partial charge in [0.1, 0.15) is 6.10 Å². The number of hydrogen-bond acceptors (Lipinski definition) is 4. The standard InChI is InChI=1S/C15H19N3O2/c1-20-13(10-16)15(19)18-9-7-12-5-2-4-11-6-3-8-17-14(11)12/h2-6,8,13H,7,9-10,16H2,1H3,(H,18,19). The molecule has 5 nitrogen and oxygen atoms in total. The molecule has 0 saturated heterocycles. The van der Waals surface area contributed by atoms with Crippen molar-refractivity contribution in [2.24, 2.45) is 5.73 Å². The van der Waals surface area contributed by atoms with E-state index in [1.54, 1.807) is 6.20 Å². The number of ether oxygens (including phenoxy) is 1. The van der Waals surface area contributed by atoms with Gasteiger partial charge in [0, 0.05) is 31.8 Å². The highest BCUT2D eigenvalue weighted by Gasteiger charge is 2.14. The number of benzene rings is 1. The fourth-order valence-electron chi connectivity index (χ4n) is 2.11. The molecule has 106 valence electrons. The van der Waals surface area contributed by atoms with Gasteiger partial charge in [-0.05, 0) is 18.1 Å². The number of hydrogen-bond donors (Lipinski definition) is 2. The smallest absolute Gasteiger partial charge is 0.250 e. The van der Waals surface area contributed by atoms with E-state index in [0.717, 1.165) is 22.9 Å². The number of aromatic nitrogens is 1. The minimum atomic E-state index is -0.583. The minimum Gasteiger partial charge on any atom is -0.370 e. The Morgan fingerprint density at radius 3 is 2.95 bits per heavy atom. The second kappa shape index (κ2) is 6.98. The van der Waals surface area contributed by atoms with Crippen LogP contribution in [-0.2, 0) is 16.0 Å². The molecule has 5 heteroatoms. The Hall–Kier alpha value is -1.98. The maximum atomic E-state index is 11.7. The first-order chi connectivity index (χ1) is 9.76. The number of nitrogens with two attached hydrogens (primary N) is 1. The van der Waals surface area contributed by atoms with E-state index >= 15 is 0 Å². The zero-order valence-corrected chi connectivity index (χ0v) is 11.5. The molecule has 1 aromatic heterocycles. The summed E-state index contributed by atoms with van der Waals surface area (Å²) in [5.74, 6) is -0.178. The van der Waals surface area contributed by atoms with Gasteiger partial charge >= 0.3 is 0 Å². The maximum Gasteiger partial charge on any atom is 0.250 e. The number of fused-ring (bicyclic) bond motifs is 1. The van der Waals surface area contributed by atoms with Crippen molar-refractivity contribution < 1.29 is 9.53 Å². The Morgan fingerprint density at radius 2 is 2.20 bits per heavy atom. The fourth-order valence-corrected chi connectivity index (χ4v) is 2.11. The van der Waals surface area contributed by atoms with Crippen molar-refractivity contribution in [2.45, 2.75) is 12.5 Å². The van der Waals surface area contributed by atoms with Crippen LogP contribution in [0.4, 0.5) is 0 Å². The topological polar surface area (TPSA) is 77.2 Å². The van der Waals surface area contributed by atoms with Crippen LogP contribution in [0.2, 0.25) is 0 Å². The number of carbonyl (C=O) groups is 1. The van der Waals surface area contributed by atoms with Gasteiger partial charge in [0.05, 0.1) is 5.52 Å². The van der Waals surface area contributed by atoms with Crippen LogP contribution in [-0.4, -0.2) is 37.2 Å². The van der Waals surface area contributed by atoms with Gasteiger partial charge < -0.3 is 15.8 Å². The zero-order valence-electron chi connectivity index (χ0n) is 11.5. The first-order valence-corrected chi connectivity index (χ1v) is 6.59. The molecule has 1 amide bonds. The normalized spacial score (nSPS) is 12.3. The van der Waals surface area contributed by atoms with Gasteiger partial charge in [-0.3, -0.25) is 9.78 Å². The average molecular weight is 273 g/mol. The SMILES string of the molecule is COC(CN)C(=O)NCCc1cccc2cccnc12. The molecule has 0 bridgehead atoms. The molecule has 0 radical (unpaired) electrons. The van der Waals surface area contributed by atoms with E-state index in [1.807, 2.05) is 30.3 Å². The van der Waals surface area contributed by atoms with Gasteiger partial charge in [-0.25, -0.2) is 0 Å². The predicted molar refractivity (Wildman–Crippen MR) is 78.3 cm³/mol. The Kier molecular flexibility index (Phi) is 5.03. The van der Waals surface area contributed by atoms with Crippen LogP contribution >= 0.6 is 0 Å². The summed E-state index contributed by atoms with van der Waals surface area (Å²) in [5, 5.41) is 3.93. The van der Waals surface area contributed by atoms with Crippen LogP contribution in [0, 0.1) is 0 Å². The second-order valence-electron chi connectivity index (χ2n) is 4.49. The molecule has 2 rings (SSSR count). The summed E-state index contributed by atoms with van der Waals surface area (Å²) in [6.07, 6.45) is 1.92. The molecule has 20 heavy (non-hydrogen) atoms. The second-order valence-corrected chi connectivity index (χ2v) is 4.49. The monoisotopic (exact) mass is 273 g/mol. The van der Waals surface area contributed by atoms with E-state index in [2.05, 4.69) is 10.3 Å². The van der Waals surface area contributed by atoms with E-state index in [0.29, 0.717) is 6.54 Å². The van der Waals surface area contributed by atoms with Crippen LogP contribution in [0.1, 0.15) is 5.56 Å². The zero-order chi connectivity index (χ0) is 14.4. The summed E-state index contributed by atoms with van der Waals surface area (Å²) in [7, 11) is 1.48. The Labute approximate surface area is 118 Å². The van der Waals surface area contributed by atoms with Crippen molar-refractivity contribution in [2.75, 3.05) is 20.2 Å². The van der Waals surface area contributed by atoms with E-state index < -0.39 is 6.10 Å². The molecule has 1 unspecified atom stereocenters. The third-order valence-electron chi connectivity index (χ3n) is 3.20. The number of carbonyl (C=O) groups excluding carboxylic acids is 1. The maximum absolute atomic E-state index is 11.7. The lowest BCUT2D eigenvalue weighted by atomic mass is 10.1. The van der Waals surface area contributed by atoms with Gasteiger partial charge in [-0.15, -0.1) is 0 Å². The van der Waals surface area contributed by atoms with Gasteiger partial charge in [-0.1, -0.05) is 24.3 Å².